The second kappa shape index (κ2) is 10.5. The summed E-state index contributed by atoms with van der Waals surface area (Å²) < 4.78 is 5.00. The van der Waals surface area contributed by atoms with Gasteiger partial charge in [0.2, 0.25) is 0 Å². The Bertz CT molecular complexity index is 417. The van der Waals surface area contributed by atoms with Crippen LogP contribution in [0.2, 0.25) is 0 Å². The first-order valence-electron chi connectivity index (χ1n) is 9.77. The molecule has 0 aromatic carbocycles. The largest absolute Gasteiger partial charge is 0.450 e. The van der Waals surface area contributed by atoms with Gasteiger partial charge >= 0.3 is 12.1 Å². The number of nitrogens with one attached hydrogen (secondary N) is 2. The highest BCUT2D eigenvalue weighted by atomic mass is 16.6. The van der Waals surface area contributed by atoms with Gasteiger partial charge < -0.3 is 25.2 Å². The van der Waals surface area contributed by atoms with Crippen LogP contribution in [0.1, 0.15) is 46.0 Å². The average Bonchev–Trinajstić information content (AvgIpc) is 2.61. The number of carbonyl (C=O) groups excluding carboxylic acids is 2. The van der Waals surface area contributed by atoms with Crippen molar-refractivity contribution in [1.82, 2.24) is 20.4 Å². The molecule has 2 saturated heterocycles. The molecular weight excluding hydrogens is 320 g/mol. The van der Waals surface area contributed by atoms with Crippen LogP contribution in [0.5, 0.6) is 0 Å². The zero-order chi connectivity index (χ0) is 18.1. The van der Waals surface area contributed by atoms with E-state index in [1.54, 1.807) is 4.90 Å². The summed E-state index contributed by atoms with van der Waals surface area (Å²) in [6.07, 6.45) is 4.87. The molecule has 0 aliphatic carbocycles. The van der Waals surface area contributed by atoms with Gasteiger partial charge in [0.25, 0.3) is 0 Å². The molecule has 0 unspecified atom stereocenters. The quantitative estimate of drug-likeness (QED) is 0.716. The molecule has 0 saturated carbocycles. The van der Waals surface area contributed by atoms with Gasteiger partial charge in [-0.1, -0.05) is 6.92 Å². The van der Waals surface area contributed by atoms with E-state index in [0.717, 1.165) is 31.7 Å². The molecule has 0 bridgehead atoms. The van der Waals surface area contributed by atoms with Crippen molar-refractivity contribution in [2.75, 3.05) is 45.9 Å². The molecule has 0 radical (unpaired) electrons. The van der Waals surface area contributed by atoms with Crippen molar-refractivity contribution in [2.24, 2.45) is 5.92 Å². The number of nitrogens with zero attached hydrogens (tertiary/aromatic N) is 2. The number of rotatable bonds is 6. The van der Waals surface area contributed by atoms with Crippen LogP contribution in [0.15, 0.2) is 0 Å². The fourth-order valence-electron chi connectivity index (χ4n) is 3.45. The molecule has 2 aliphatic heterocycles. The first kappa shape index (κ1) is 19.8. The summed E-state index contributed by atoms with van der Waals surface area (Å²) in [7, 11) is 0. The van der Waals surface area contributed by atoms with Gasteiger partial charge in [-0.25, -0.2) is 9.59 Å². The first-order chi connectivity index (χ1) is 12.1. The summed E-state index contributed by atoms with van der Waals surface area (Å²) in [6.45, 7) is 9.94. The molecular formula is C18H34N4O3. The maximum atomic E-state index is 12.0. The molecule has 7 heteroatoms. The highest BCUT2D eigenvalue weighted by molar-refractivity contribution is 5.74. The predicted octanol–water partition coefficient (Wildman–Crippen LogP) is 2.03. The van der Waals surface area contributed by atoms with Crippen LogP contribution in [0.3, 0.4) is 0 Å². The Hall–Kier alpha value is -1.50. The smallest absolute Gasteiger partial charge is 0.409 e. The van der Waals surface area contributed by atoms with Gasteiger partial charge in [-0.15, -0.1) is 0 Å². The van der Waals surface area contributed by atoms with E-state index in [-0.39, 0.29) is 18.2 Å². The monoisotopic (exact) mass is 354 g/mol. The van der Waals surface area contributed by atoms with Gasteiger partial charge in [0.1, 0.15) is 0 Å². The van der Waals surface area contributed by atoms with Crippen LogP contribution < -0.4 is 10.6 Å². The number of urea groups is 1. The highest BCUT2D eigenvalue weighted by Crippen LogP contribution is 2.15. The van der Waals surface area contributed by atoms with Crippen molar-refractivity contribution in [3.05, 3.63) is 0 Å². The number of hydrogen-bond donors (Lipinski definition) is 2. The van der Waals surface area contributed by atoms with Gasteiger partial charge in [0.15, 0.2) is 0 Å². The van der Waals surface area contributed by atoms with E-state index in [0.29, 0.717) is 26.2 Å². The topological polar surface area (TPSA) is 73.9 Å². The molecule has 2 heterocycles. The normalized spacial score (nSPS) is 20.3. The Kier molecular flexibility index (Phi) is 8.31. The fraction of sp³-hybridized carbons (Fsp3) is 0.889. The molecule has 2 N–H and O–H groups in total. The van der Waals surface area contributed by atoms with Crippen molar-refractivity contribution >= 4 is 12.1 Å². The summed E-state index contributed by atoms with van der Waals surface area (Å²) in [4.78, 5) is 27.8. The molecule has 2 aliphatic rings. The van der Waals surface area contributed by atoms with Crippen LogP contribution in [-0.2, 0) is 4.74 Å². The van der Waals surface area contributed by atoms with Crippen molar-refractivity contribution in [3.8, 4) is 0 Å². The number of hydrogen-bond acceptors (Lipinski definition) is 4. The van der Waals surface area contributed by atoms with Crippen LogP contribution in [-0.4, -0.2) is 73.8 Å². The Balaban J connectivity index is 1.52. The lowest BCUT2D eigenvalue weighted by Crippen LogP contribution is -2.49. The van der Waals surface area contributed by atoms with E-state index in [4.69, 9.17) is 4.74 Å². The fourth-order valence-corrected chi connectivity index (χ4v) is 3.45. The number of carbonyl (C=O) groups is 2. The molecule has 0 atom stereocenters. The van der Waals surface area contributed by atoms with Crippen molar-refractivity contribution in [3.63, 3.8) is 0 Å². The molecule has 3 amide bonds. The predicted molar refractivity (Wildman–Crippen MR) is 97.6 cm³/mol. The summed E-state index contributed by atoms with van der Waals surface area (Å²) in [5, 5.41) is 5.96. The molecule has 0 aromatic heterocycles. The lowest BCUT2D eigenvalue weighted by Gasteiger charge is -2.31. The number of ether oxygens (including phenoxy) is 1. The van der Waals surface area contributed by atoms with Crippen LogP contribution >= 0.6 is 0 Å². The van der Waals surface area contributed by atoms with Crippen molar-refractivity contribution in [1.29, 1.82) is 0 Å². The Morgan fingerprint density at radius 1 is 1.08 bits per heavy atom. The minimum absolute atomic E-state index is 0.0955. The lowest BCUT2D eigenvalue weighted by molar-refractivity contribution is 0.0957. The lowest BCUT2D eigenvalue weighted by atomic mass is 9.99. The standard InChI is InChI=1S/C18H34N4O3/c1-3-25-18(24)22-13-7-16(8-14-22)20-17(23)19-9-4-10-21-11-5-15(2)6-12-21/h15-16H,3-14H2,1-2H3,(H2,19,20,23). The summed E-state index contributed by atoms with van der Waals surface area (Å²) in [5.41, 5.74) is 0. The highest BCUT2D eigenvalue weighted by Gasteiger charge is 2.24. The van der Waals surface area contributed by atoms with Gasteiger partial charge in [-0.3, -0.25) is 0 Å². The summed E-state index contributed by atoms with van der Waals surface area (Å²) in [5.74, 6) is 0.857. The minimum Gasteiger partial charge on any atom is -0.450 e. The van der Waals surface area contributed by atoms with Gasteiger partial charge in [-0.05, 0) is 64.6 Å². The van der Waals surface area contributed by atoms with Crippen LogP contribution in [0.4, 0.5) is 9.59 Å². The Morgan fingerprint density at radius 2 is 1.76 bits per heavy atom. The van der Waals surface area contributed by atoms with E-state index < -0.39 is 0 Å². The Morgan fingerprint density at radius 3 is 2.40 bits per heavy atom. The van der Waals surface area contributed by atoms with E-state index in [1.807, 2.05) is 6.92 Å². The van der Waals surface area contributed by atoms with E-state index in [9.17, 15) is 9.59 Å². The molecule has 144 valence electrons. The molecule has 25 heavy (non-hydrogen) atoms. The van der Waals surface area contributed by atoms with Crippen molar-refractivity contribution < 1.29 is 14.3 Å². The van der Waals surface area contributed by atoms with E-state index in [2.05, 4.69) is 22.5 Å². The molecule has 0 aromatic rings. The third-order valence-corrected chi connectivity index (χ3v) is 5.17. The second-order valence-electron chi connectivity index (χ2n) is 7.24. The zero-order valence-electron chi connectivity index (χ0n) is 15.8. The SMILES string of the molecule is CCOC(=O)N1CCC(NC(=O)NCCCN2CCC(C)CC2)CC1. The van der Waals surface area contributed by atoms with E-state index in [1.165, 1.54) is 25.9 Å². The minimum atomic E-state index is -0.252. The summed E-state index contributed by atoms with van der Waals surface area (Å²) in [6, 6.07) is 0.0381. The zero-order valence-corrected chi connectivity index (χ0v) is 15.8. The maximum Gasteiger partial charge on any atom is 0.409 e. The number of amides is 3. The van der Waals surface area contributed by atoms with Gasteiger partial charge in [0, 0.05) is 25.7 Å². The summed E-state index contributed by atoms with van der Waals surface area (Å²) >= 11 is 0. The van der Waals surface area contributed by atoms with E-state index >= 15 is 0 Å². The maximum absolute atomic E-state index is 12.0. The molecule has 2 rings (SSSR count). The van der Waals surface area contributed by atoms with Crippen molar-refractivity contribution in [2.45, 2.75) is 52.0 Å². The Labute approximate surface area is 151 Å². The second-order valence-corrected chi connectivity index (χ2v) is 7.24. The molecule has 0 spiro atoms. The third-order valence-electron chi connectivity index (χ3n) is 5.17. The first-order valence-corrected chi connectivity index (χ1v) is 9.77. The molecule has 7 nitrogen and oxygen atoms in total. The van der Waals surface area contributed by atoms with Crippen LogP contribution in [0, 0.1) is 5.92 Å². The average molecular weight is 354 g/mol. The van der Waals surface area contributed by atoms with Crippen LogP contribution in [0.25, 0.3) is 0 Å². The number of likely N-dealkylation sites (tertiary alicyclic amines) is 2. The third kappa shape index (κ3) is 7.10. The van der Waals surface area contributed by atoms with Gasteiger partial charge in [-0.2, -0.15) is 0 Å². The number of piperidine rings is 2. The van der Waals surface area contributed by atoms with Gasteiger partial charge in [0.05, 0.1) is 6.61 Å². The molecule has 2 fully saturated rings.